The van der Waals surface area contributed by atoms with Crippen LogP contribution in [0.25, 0.3) is 11.4 Å². The number of ether oxygens (including phenoxy) is 2. The van der Waals surface area contributed by atoms with E-state index >= 15 is 0 Å². The van der Waals surface area contributed by atoms with E-state index in [-0.39, 0.29) is 30.0 Å². The molecule has 0 unspecified atom stereocenters. The van der Waals surface area contributed by atoms with Crippen LogP contribution in [0, 0.1) is 0 Å². The maximum Gasteiger partial charge on any atom is 0.272 e. The molecule has 1 atom stereocenters. The molecule has 0 aliphatic rings. The smallest absolute Gasteiger partial charge is 0.272 e. The van der Waals surface area contributed by atoms with Gasteiger partial charge in [-0.15, -0.1) is 0 Å². The number of halogens is 2. The molecule has 0 aromatic carbocycles. The first-order valence-electron chi connectivity index (χ1n) is 10.5. The van der Waals surface area contributed by atoms with E-state index in [0.717, 1.165) is 13.1 Å². The number of carbonyl (C=O) groups is 1. The average Bonchev–Trinajstić information content (AvgIpc) is 3.23. The third kappa shape index (κ3) is 5.63. The van der Waals surface area contributed by atoms with E-state index in [1.807, 2.05) is 13.8 Å². The van der Waals surface area contributed by atoms with Gasteiger partial charge in [0.1, 0.15) is 18.0 Å². The number of pyridine rings is 2. The van der Waals surface area contributed by atoms with Crippen molar-refractivity contribution in [3.05, 3.63) is 53.9 Å². The van der Waals surface area contributed by atoms with Crippen molar-refractivity contribution >= 4 is 5.91 Å². The molecule has 0 spiro atoms. The minimum Gasteiger partial charge on any atom is -0.481 e. The van der Waals surface area contributed by atoms with Crippen LogP contribution in [-0.2, 0) is 13.0 Å². The number of aryl methyl sites for hydroxylation is 1. The predicted molar refractivity (Wildman–Crippen MR) is 118 cm³/mol. The SMILES string of the molecule is CCN(C(=O)c1ccc(OC)nc1-c1ccn(C)n1)[C@@H](C)COc1ccc(C(C)(F)F)cn1. The highest BCUT2D eigenvalue weighted by molar-refractivity contribution is 5.99. The summed E-state index contributed by atoms with van der Waals surface area (Å²) >= 11 is 0. The number of hydrogen-bond acceptors (Lipinski definition) is 6. The molecular weight excluding hydrogens is 432 g/mol. The Kier molecular flexibility index (Phi) is 7.25. The van der Waals surface area contributed by atoms with Crippen LogP contribution in [0.1, 0.15) is 36.7 Å². The van der Waals surface area contributed by atoms with Crippen LogP contribution in [0.2, 0.25) is 0 Å². The van der Waals surface area contributed by atoms with E-state index in [0.29, 0.717) is 29.4 Å². The summed E-state index contributed by atoms with van der Waals surface area (Å²) in [7, 11) is 3.29. The number of likely N-dealkylation sites (N-methyl/N-ethyl adjacent to an activating group) is 1. The molecule has 3 aromatic heterocycles. The van der Waals surface area contributed by atoms with E-state index in [4.69, 9.17) is 9.47 Å². The Morgan fingerprint density at radius 1 is 1.21 bits per heavy atom. The fourth-order valence-corrected chi connectivity index (χ4v) is 3.30. The van der Waals surface area contributed by atoms with Gasteiger partial charge < -0.3 is 14.4 Å². The lowest BCUT2D eigenvalue weighted by Crippen LogP contribution is -2.42. The van der Waals surface area contributed by atoms with Gasteiger partial charge in [-0.1, -0.05) is 0 Å². The second-order valence-corrected chi connectivity index (χ2v) is 7.65. The molecule has 3 rings (SSSR count). The largest absolute Gasteiger partial charge is 0.481 e. The molecule has 3 heterocycles. The number of amides is 1. The molecule has 0 aliphatic carbocycles. The summed E-state index contributed by atoms with van der Waals surface area (Å²) in [4.78, 5) is 23.5. The highest BCUT2D eigenvalue weighted by Crippen LogP contribution is 2.27. The van der Waals surface area contributed by atoms with Crippen molar-refractivity contribution in [3.8, 4) is 23.1 Å². The molecule has 8 nitrogen and oxygen atoms in total. The molecule has 0 bridgehead atoms. The van der Waals surface area contributed by atoms with E-state index in [1.165, 1.54) is 19.2 Å². The number of rotatable bonds is 9. The van der Waals surface area contributed by atoms with Crippen LogP contribution >= 0.6 is 0 Å². The number of hydrogen-bond donors (Lipinski definition) is 0. The topological polar surface area (TPSA) is 82.4 Å². The molecule has 0 saturated carbocycles. The highest BCUT2D eigenvalue weighted by atomic mass is 19.3. The number of nitrogens with zero attached hydrogens (tertiary/aromatic N) is 5. The van der Waals surface area contributed by atoms with E-state index in [2.05, 4.69) is 15.1 Å². The number of methoxy groups -OCH3 is 1. The quantitative estimate of drug-likeness (QED) is 0.482. The minimum absolute atomic E-state index is 0.136. The van der Waals surface area contributed by atoms with Gasteiger partial charge in [0.15, 0.2) is 0 Å². The number of alkyl halides is 2. The van der Waals surface area contributed by atoms with Gasteiger partial charge in [-0.25, -0.2) is 18.7 Å². The minimum atomic E-state index is -2.97. The molecule has 33 heavy (non-hydrogen) atoms. The number of aromatic nitrogens is 4. The number of carbonyl (C=O) groups excluding carboxylic acids is 1. The van der Waals surface area contributed by atoms with Crippen molar-refractivity contribution in [2.45, 2.75) is 32.7 Å². The fourth-order valence-electron chi connectivity index (χ4n) is 3.30. The zero-order chi connectivity index (χ0) is 24.2. The monoisotopic (exact) mass is 459 g/mol. The molecule has 0 aliphatic heterocycles. The summed E-state index contributed by atoms with van der Waals surface area (Å²) < 4.78 is 39.2. The summed E-state index contributed by atoms with van der Waals surface area (Å²) in [5, 5.41) is 4.37. The lowest BCUT2D eigenvalue weighted by molar-refractivity contribution is 0.0169. The van der Waals surface area contributed by atoms with Crippen LogP contribution in [0.15, 0.2) is 42.7 Å². The van der Waals surface area contributed by atoms with Crippen LogP contribution < -0.4 is 9.47 Å². The Balaban J connectivity index is 1.78. The zero-order valence-corrected chi connectivity index (χ0v) is 19.2. The molecule has 3 aromatic rings. The normalized spacial score (nSPS) is 12.3. The van der Waals surface area contributed by atoms with Gasteiger partial charge in [0.2, 0.25) is 11.8 Å². The van der Waals surface area contributed by atoms with Crippen molar-refractivity contribution in [2.24, 2.45) is 7.05 Å². The third-order valence-corrected chi connectivity index (χ3v) is 5.11. The Morgan fingerprint density at radius 2 is 1.94 bits per heavy atom. The van der Waals surface area contributed by atoms with Gasteiger partial charge in [0.25, 0.3) is 11.8 Å². The lowest BCUT2D eigenvalue weighted by atomic mass is 10.1. The standard InChI is InChI=1S/C23H27F2N5O3/c1-6-30(15(2)14-33-19-9-7-16(13-26-19)23(3,24)25)22(31)17-8-10-20(32-5)27-21(17)18-11-12-29(4)28-18/h7-13,15H,6,14H2,1-5H3/t15-/m0/s1. The predicted octanol–water partition coefficient (Wildman–Crippen LogP) is 3.93. The fraction of sp³-hybridized carbons (Fsp3) is 0.391. The summed E-state index contributed by atoms with van der Waals surface area (Å²) in [6.07, 6.45) is 2.86. The first-order chi connectivity index (χ1) is 15.6. The van der Waals surface area contributed by atoms with Gasteiger partial charge in [0, 0.05) is 50.6 Å². The summed E-state index contributed by atoms with van der Waals surface area (Å²) in [6, 6.07) is 7.41. The van der Waals surface area contributed by atoms with Gasteiger partial charge in [-0.3, -0.25) is 9.48 Å². The van der Waals surface area contributed by atoms with Crippen LogP contribution in [0.4, 0.5) is 8.78 Å². The molecular formula is C23H27F2N5O3. The van der Waals surface area contributed by atoms with Gasteiger partial charge in [-0.05, 0) is 32.0 Å². The summed E-state index contributed by atoms with van der Waals surface area (Å²) in [5.41, 5.74) is 1.17. The van der Waals surface area contributed by atoms with Crippen LogP contribution in [0.3, 0.4) is 0 Å². The Hall–Kier alpha value is -3.56. The molecule has 0 N–H and O–H groups in total. The molecule has 10 heteroatoms. The van der Waals surface area contributed by atoms with Crippen molar-refractivity contribution in [2.75, 3.05) is 20.3 Å². The van der Waals surface area contributed by atoms with Crippen molar-refractivity contribution < 1.29 is 23.0 Å². The second kappa shape index (κ2) is 9.93. The first kappa shape index (κ1) is 24.1. The van der Waals surface area contributed by atoms with E-state index < -0.39 is 5.92 Å². The van der Waals surface area contributed by atoms with Gasteiger partial charge in [0.05, 0.1) is 18.7 Å². The second-order valence-electron chi connectivity index (χ2n) is 7.65. The first-order valence-corrected chi connectivity index (χ1v) is 10.5. The molecule has 176 valence electrons. The van der Waals surface area contributed by atoms with Crippen molar-refractivity contribution in [1.29, 1.82) is 0 Å². The molecule has 0 fully saturated rings. The Morgan fingerprint density at radius 3 is 2.48 bits per heavy atom. The van der Waals surface area contributed by atoms with Crippen LogP contribution in [0.5, 0.6) is 11.8 Å². The van der Waals surface area contributed by atoms with Crippen molar-refractivity contribution in [1.82, 2.24) is 24.6 Å². The highest BCUT2D eigenvalue weighted by Gasteiger charge is 2.26. The maximum atomic E-state index is 13.4. The molecule has 0 saturated heterocycles. The third-order valence-electron chi connectivity index (χ3n) is 5.11. The van der Waals surface area contributed by atoms with E-state index in [9.17, 15) is 13.6 Å². The summed E-state index contributed by atoms with van der Waals surface area (Å²) in [5.74, 6) is -2.63. The maximum absolute atomic E-state index is 13.4. The Bertz CT molecular complexity index is 1100. The Labute approximate surface area is 191 Å². The molecule has 0 radical (unpaired) electrons. The van der Waals surface area contributed by atoms with Gasteiger partial charge >= 0.3 is 0 Å². The lowest BCUT2D eigenvalue weighted by Gasteiger charge is -2.28. The van der Waals surface area contributed by atoms with Crippen LogP contribution in [-0.4, -0.2) is 56.9 Å². The van der Waals surface area contributed by atoms with Crippen molar-refractivity contribution in [3.63, 3.8) is 0 Å². The molecule has 1 amide bonds. The average molecular weight is 459 g/mol. The summed E-state index contributed by atoms with van der Waals surface area (Å²) in [6.45, 7) is 5.07. The van der Waals surface area contributed by atoms with Gasteiger partial charge in [-0.2, -0.15) is 5.10 Å². The zero-order valence-electron chi connectivity index (χ0n) is 19.2. The van der Waals surface area contributed by atoms with E-state index in [1.54, 1.807) is 41.0 Å².